The van der Waals surface area contributed by atoms with Crippen LogP contribution in [-0.4, -0.2) is 0 Å². The Balaban J connectivity index is 2.05. The van der Waals surface area contributed by atoms with Gasteiger partial charge >= 0.3 is 0 Å². The molecular weight excluding hydrogens is 132 g/mol. The molecule has 0 bridgehead atoms. The highest BCUT2D eigenvalue weighted by Gasteiger charge is 2.13. The molecule has 0 nitrogen and oxygen atoms in total. The third kappa shape index (κ3) is 3.79. The summed E-state index contributed by atoms with van der Waals surface area (Å²) in [6.07, 6.45) is 10.1. The molecular formula is C11H21. The van der Waals surface area contributed by atoms with Gasteiger partial charge in [-0.15, -0.1) is 0 Å². The monoisotopic (exact) mass is 153 g/mol. The lowest BCUT2D eigenvalue weighted by Gasteiger charge is -2.21. The minimum atomic E-state index is 0.893. The summed E-state index contributed by atoms with van der Waals surface area (Å²) in [5.41, 5.74) is 0. The topological polar surface area (TPSA) is 0 Å². The summed E-state index contributed by atoms with van der Waals surface area (Å²) in [4.78, 5) is 0. The minimum absolute atomic E-state index is 0.893. The molecule has 1 aliphatic rings. The highest BCUT2D eigenvalue weighted by atomic mass is 14.2. The van der Waals surface area contributed by atoms with E-state index in [1.165, 1.54) is 44.9 Å². The zero-order valence-corrected chi connectivity index (χ0v) is 8.03. The molecule has 0 heteroatoms. The van der Waals surface area contributed by atoms with Crippen LogP contribution in [0.5, 0.6) is 0 Å². The fourth-order valence-electron chi connectivity index (χ4n) is 1.79. The van der Waals surface area contributed by atoms with Crippen LogP contribution >= 0.6 is 0 Å². The summed E-state index contributed by atoms with van der Waals surface area (Å²) in [6.45, 7) is 4.65. The first kappa shape index (κ1) is 9.09. The van der Waals surface area contributed by atoms with Crippen LogP contribution in [0.4, 0.5) is 0 Å². The maximum atomic E-state index is 2.32. The maximum Gasteiger partial charge on any atom is -0.0241 e. The highest BCUT2D eigenvalue weighted by molar-refractivity contribution is 4.92. The molecule has 0 atom stereocenters. The second kappa shape index (κ2) is 4.79. The van der Waals surface area contributed by atoms with E-state index in [0.29, 0.717) is 0 Å². The van der Waals surface area contributed by atoms with Gasteiger partial charge in [0.25, 0.3) is 0 Å². The predicted molar refractivity (Wildman–Crippen MR) is 50.4 cm³/mol. The molecule has 0 saturated heterocycles. The largest absolute Gasteiger partial charge is 0.0628 e. The Morgan fingerprint density at radius 1 is 1.09 bits per heavy atom. The summed E-state index contributed by atoms with van der Waals surface area (Å²) < 4.78 is 0. The molecule has 1 aliphatic carbocycles. The van der Waals surface area contributed by atoms with Gasteiger partial charge in [0.2, 0.25) is 0 Å². The summed E-state index contributed by atoms with van der Waals surface area (Å²) >= 11 is 0. The van der Waals surface area contributed by atoms with E-state index in [-0.39, 0.29) is 0 Å². The Morgan fingerprint density at radius 3 is 2.27 bits per heavy atom. The van der Waals surface area contributed by atoms with Gasteiger partial charge in [-0.1, -0.05) is 39.5 Å². The predicted octanol–water partition coefficient (Wildman–Crippen LogP) is 3.96. The Morgan fingerprint density at radius 2 is 1.73 bits per heavy atom. The van der Waals surface area contributed by atoms with Crippen molar-refractivity contribution in [3.05, 3.63) is 5.92 Å². The van der Waals surface area contributed by atoms with Crippen molar-refractivity contribution >= 4 is 0 Å². The van der Waals surface area contributed by atoms with Crippen LogP contribution in [0.25, 0.3) is 0 Å². The summed E-state index contributed by atoms with van der Waals surface area (Å²) in [6, 6.07) is 0. The molecule has 0 N–H and O–H groups in total. The van der Waals surface area contributed by atoms with Crippen LogP contribution < -0.4 is 0 Å². The zero-order valence-electron chi connectivity index (χ0n) is 8.03. The Labute approximate surface area is 71.4 Å². The van der Waals surface area contributed by atoms with Gasteiger partial charge in [0, 0.05) is 0 Å². The Kier molecular flexibility index (Phi) is 3.96. The van der Waals surface area contributed by atoms with Crippen molar-refractivity contribution in [3.8, 4) is 0 Å². The van der Waals surface area contributed by atoms with Crippen molar-refractivity contribution in [1.82, 2.24) is 0 Å². The van der Waals surface area contributed by atoms with Crippen molar-refractivity contribution < 1.29 is 0 Å². The average molecular weight is 153 g/mol. The first-order chi connectivity index (χ1) is 5.29. The normalized spacial score (nSPS) is 21.0. The second-order valence-electron chi connectivity index (χ2n) is 4.24. The van der Waals surface area contributed by atoms with Crippen molar-refractivity contribution in [3.63, 3.8) is 0 Å². The van der Waals surface area contributed by atoms with Gasteiger partial charge in [-0.2, -0.15) is 0 Å². The maximum absolute atomic E-state index is 2.32. The number of hydrogen-bond donors (Lipinski definition) is 0. The van der Waals surface area contributed by atoms with E-state index in [9.17, 15) is 0 Å². The first-order valence-electron chi connectivity index (χ1n) is 5.12. The van der Waals surface area contributed by atoms with Crippen LogP contribution in [0.3, 0.4) is 0 Å². The molecule has 0 unspecified atom stereocenters. The van der Waals surface area contributed by atoms with E-state index in [0.717, 1.165) is 5.92 Å². The summed E-state index contributed by atoms with van der Waals surface area (Å²) in [7, 11) is 0. The Bertz CT molecular complexity index is 88.2. The molecule has 0 aromatic heterocycles. The van der Waals surface area contributed by atoms with Gasteiger partial charge in [-0.05, 0) is 31.1 Å². The third-order valence-electron chi connectivity index (χ3n) is 2.64. The molecule has 1 saturated carbocycles. The molecule has 0 amide bonds. The lowest BCUT2D eigenvalue weighted by atomic mass is 9.85. The van der Waals surface area contributed by atoms with Gasteiger partial charge in [0.05, 0.1) is 0 Å². The third-order valence-corrected chi connectivity index (χ3v) is 2.64. The van der Waals surface area contributed by atoms with Gasteiger partial charge in [-0.25, -0.2) is 0 Å². The average Bonchev–Trinajstić information content (AvgIpc) is 2.03. The van der Waals surface area contributed by atoms with Gasteiger partial charge < -0.3 is 0 Å². The molecule has 1 radical (unpaired) electrons. The van der Waals surface area contributed by atoms with Crippen LogP contribution in [0.2, 0.25) is 0 Å². The van der Waals surface area contributed by atoms with Gasteiger partial charge in [-0.3, -0.25) is 0 Å². The van der Waals surface area contributed by atoms with Crippen molar-refractivity contribution in [2.75, 3.05) is 0 Å². The standard InChI is InChI=1S/C11H21/c1-10(2)8-9-11-6-4-3-5-7-11/h10H,3-9H2,1-2H3. The lowest BCUT2D eigenvalue weighted by molar-refractivity contribution is 0.467. The lowest BCUT2D eigenvalue weighted by Crippen LogP contribution is -2.04. The smallest absolute Gasteiger partial charge is 0.0241 e. The van der Waals surface area contributed by atoms with Crippen LogP contribution in [-0.2, 0) is 0 Å². The van der Waals surface area contributed by atoms with Crippen LogP contribution in [0.15, 0.2) is 0 Å². The van der Waals surface area contributed by atoms with Gasteiger partial charge in [0.1, 0.15) is 0 Å². The van der Waals surface area contributed by atoms with E-state index in [1.54, 1.807) is 0 Å². The molecule has 0 aliphatic heterocycles. The quantitative estimate of drug-likeness (QED) is 0.575. The second-order valence-corrected chi connectivity index (χ2v) is 4.24. The fraction of sp³-hybridized carbons (Fsp3) is 0.909. The highest BCUT2D eigenvalue weighted by Crippen LogP contribution is 2.30. The summed E-state index contributed by atoms with van der Waals surface area (Å²) in [5.74, 6) is 2.74. The van der Waals surface area contributed by atoms with Crippen molar-refractivity contribution in [1.29, 1.82) is 0 Å². The van der Waals surface area contributed by atoms with Crippen molar-refractivity contribution in [2.24, 2.45) is 5.92 Å². The van der Waals surface area contributed by atoms with Crippen LogP contribution in [0, 0.1) is 11.8 Å². The molecule has 0 heterocycles. The molecule has 11 heavy (non-hydrogen) atoms. The molecule has 1 rings (SSSR count). The molecule has 65 valence electrons. The first-order valence-corrected chi connectivity index (χ1v) is 5.12. The number of hydrogen-bond acceptors (Lipinski definition) is 0. The fourth-order valence-corrected chi connectivity index (χ4v) is 1.79. The Hall–Kier alpha value is 0. The molecule has 0 aromatic carbocycles. The summed E-state index contributed by atoms with van der Waals surface area (Å²) in [5, 5.41) is 0. The van der Waals surface area contributed by atoms with Gasteiger partial charge in [0.15, 0.2) is 0 Å². The van der Waals surface area contributed by atoms with Crippen LogP contribution in [0.1, 0.15) is 58.8 Å². The molecule has 0 spiro atoms. The minimum Gasteiger partial charge on any atom is -0.0628 e. The zero-order chi connectivity index (χ0) is 8.10. The van der Waals surface area contributed by atoms with E-state index >= 15 is 0 Å². The van der Waals surface area contributed by atoms with E-state index in [4.69, 9.17) is 0 Å². The SMILES string of the molecule is CC(C)CC[C]1CCCCC1. The van der Waals surface area contributed by atoms with E-state index in [1.807, 2.05) is 5.92 Å². The number of rotatable bonds is 3. The molecule has 1 fully saturated rings. The molecule has 0 aromatic rings. The van der Waals surface area contributed by atoms with E-state index < -0.39 is 0 Å². The van der Waals surface area contributed by atoms with E-state index in [2.05, 4.69) is 13.8 Å². The van der Waals surface area contributed by atoms with Crippen molar-refractivity contribution in [2.45, 2.75) is 58.8 Å².